The number of hydrogen-bond donors (Lipinski definition) is 1. The molecule has 2 nitrogen and oxygen atoms in total. The third kappa shape index (κ3) is 3.07. The first-order chi connectivity index (χ1) is 8.67. The SMILES string of the molecule is CCCN(c1ccc(C(C)NC)cc1Br)C1CC1. The molecule has 2 rings (SSSR count). The second-order valence-corrected chi connectivity index (χ2v) is 6.00. The van der Waals surface area contributed by atoms with E-state index in [-0.39, 0.29) is 0 Å². The van der Waals surface area contributed by atoms with Gasteiger partial charge in [-0.15, -0.1) is 0 Å². The monoisotopic (exact) mass is 310 g/mol. The smallest absolute Gasteiger partial charge is 0.0513 e. The summed E-state index contributed by atoms with van der Waals surface area (Å²) in [6, 6.07) is 7.93. The van der Waals surface area contributed by atoms with Crippen molar-refractivity contribution in [3.8, 4) is 0 Å². The average molecular weight is 311 g/mol. The fourth-order valence-corrected chi connectivity index (χ4v) is 2.94. The van der Waals surface area contributed by atoms with Crippen LogP contribution in [0.2, 0.25) is 0 Å². The molecule has 0 amide bonds. The number of halogens is 1. The van der Waals surface area contributed by atoms with Gasteiger partial charge in [0.15, 0.2) is 0 Å². The van der Waals surface area contributed by atoms with E-state index in [0.717, 1.165) is 12.6 Å². The van der Waals surface area contributed by atoms with Gasteiger partial charge in [0.25, 0.3) is 0 Å². The lowest BCUT2D eigenvalue weighted by atomic mass is 10.1. The van der Waals surface area contributed by atoms with Gasteiger partial charge in [-0.05, 0) is 66.9 Å². The summed E-state index contributed by atoms with van der Waals surface area (Å²) in [5, 5.41) is 3.28. The second-order valence-electron chi connectivity index (χ2n) is 5.15. The van der Waals surface area contributed by atoms with Crippen molar-refractivity contribution in [3.05, 3.63) is 28.2 Å². The molecule has 1 saturated carbocycles. The number of rotatable bonds is 6. The Morgan fingerprint density at radius 3 is 2.67 bits per heavy atom. The Bertz CT molecular complexity index is 401. The fourth-order valence-electron chi connectivity index (χ4n) is 2.32. The van der Waals surface area contributed by atoms with Gasteiger partial charge in [0.1, 0.15) is 0 Å². The van der Waals surface area contributed by atoms with Crippen LogP contribution in [0.1, 0.15) is 44.7 Å². The van der Waals surface area contributed by atoms with Gasteiger partial charge in [-0.2, -0.15) is 0 Å². The maximum Gasteiger partial charge on any atom is 0.0513 e. The Labute approximate surface area is 119 Å². The standard InChI is InChI=1S/C15H23BrN2/c1-4-9-18(13-6-7-13)15-8-5-12(10-14(15)16)11(2)17-3/h5,8,10-11,13,17H,4,6-7,9H2,1-3H3. The topological polar surface area (TPSA) is 15.3 Å². The molecule has 0 aliphatic heterocycles. The highest BCUT2D eigenvalue weighted by atomic mass is 79.9. The molecule has 1 aliphatic carbocycles. The van der Waals surface area contributed by atoms with Gasteiger partial charge in [-0.3, -0.25) is 0 Å². The van der Waals surface area contributed by atoms with Crippen LogP contribution in [0.5, 0.6) is 0 Å². The van der Waals surface area contributed by atoms with Crippen molar-refractivity contribution in [1.29, 1.82) is 0 Å². The van der Waals surface area contributed by atoms with Crippen LogP contribution in [0.25, 0.3) is 0 Å². The number of benzene rings is 1. The zero-order chi connectivity index (χ0) is 13.1. The Hall–Kier alpha value is -0.540. The lowest BCUT2D eigenvalue weighted by Crippen LogP contribution is -2.26. The van der Waals surface area contributed by atoms with Crippen LogP contribution in [-0.2, 0) is 0 Å². The van der Waals surface area contributed by atoms with Crippen molar-refractivity contribution < 1.29 is 0 Å². The lowest BCUT2D eigenvalue weighted by molar-refractivity contribution is 0.651. The molecule has 1 aromatic carbocycles. The molecule has 1 aromatic rings. The van der Waals surface area contributed by atoms with Crippen molar-refractivity contribution in [1.82, 2.24) is 5.32 Å². The van der Waals surface area contributed by atoms with E-state index in [1.54, 1.807) is 0 Å². The van der Waals surface area contributed by atoms with Crippen molar-refractivity contribution in [2.24, 2.45) is 0 Å². The van der Waals surface area contributed by atoms with Crippen LogP contribution < -0.4 is 10.2 Å². The summed E-state index contributed by atoms with van der Waals surface area (Å²) in [7, 11) is 2.00. The molecule has 0 bridgehead atoms. The molecule has 18 heavy (non-hydrogen) atoms. The van der Waals surface area contributed by atoms with Crippen LogP contribution >= 0.6 is 15.9 Å². The van der Waals surface area contributed by atoms with Gasteiger partial charge in [0.2, 0.25) is 0 Å². The van der Waals surface area contributed by atoms with E-state index < -0.39 is 0 Å². The zero-order valence-corrected chi connectivity index (χ0v) is 13.1. The summed E-state index contributed by atoms with van der Waals surface area (Å²) in [5.41, 5.74) is 2.69. The predicted octanol–water partition coefficient (Wildman–Crippen LogP) is 4.11. The molecule has 0 radical (unpaired) electrons. The van der Waals surface area contributed by atoms with Crippen molar-refractivity contribution in [2.45, 2.75) is 45.2 Å². The average Bonchev–Trinajstić information content (AvgIpc) is 3.19. The van der Waals surface area contributed by atoms with Crippen LogP contribution in [0.3, 0.4) is 0 Å². The molecule has 1 aliphatic rings. The van der Waals surface area contributed by atoms with Gasteiger partial charge in [-0.25, -0.2) is 0 Å². The van der Waals surface area contributed by atoms with Gasteiger partial charge in [-0.1, -0.05) is 13.0 Å². The van der Waals surface area contributed by atoms with Gasteiger partial charge in [0, 0.05) is 23.1 Å². The minimum atomic E-state index is 0.399. The largest absolute Gasteiger partial charge is 0.368 e. The summed E-state index contributed by atoms with van der Waals surface area (Å²) < 4.78 is 1.22. The summed E-state index contributed by atoms with van der Waals surface area (Å²) >= 11 is 3.74. The van der Waals surface area contributed by atoms with Gasteiger partial charge < -0.3 is 10.2 Å². The van der Waals surface area contributed by atoms with Gasteiger partial charge >= 0.3 is 0 Å². The van der Waals surface area contributed by atoms with E-state index in [1.807, 2.05) is 7.05 Å². The van der Waals surface area contributed by atoms with E-state index in [0.29, 0.717) is 6.04 Å². The normalized spacial score (nSPS) is 16.7. The highest BCUT2D eigenvalue weighted by Gasteiger charge is 2.29. The summed E-state index contributed by atoms with van der Waals surface area (Å²) in [4.78, 5) is 2.55. The molecule has 100 valence electrons. The number of nitrogens with one attached hydrogen (secondary N) is 1. The maximum absolute atomic E-state index is 3.74. The quantitative estimate of drug-likeness (QED) is 0.850. The molecule has 0 aromatic heterocycles. The Morgan fingerprint density at radius 2 is 2.17 bits per heavy atom. The van der Waals surface area contributed by atoms with Gasteiger partial charge in [0.05, 0.1) is 5.69 Å². The fraction of sp³-hybridized carbons (Fsp3) is 0.600. The minimum absolute atomic E-state index is 0.399. The van der Waals surface area contributed by atoms with Crippen LogP contribution in [-0.4, -0.2) is 19.6 Å². The molecule has 1 fully saturated rings. The highest BCUT2D eigenvalue weighted by Crippen LogP contribution is 2.37. The van der Waals surface area contributed by atoms with E-state index >= 15 is 0 Å². The second kappa shape index (κ2) is 6.07. The van der Waals surface area contributed by atoms with Crippen LogP contribution in [0.15, 0.2) is 22.7 Å². The molecular weight excluding hydrogens is 288 g/mol. The third-order valence-corrected chi connectivity index (χ3v) is 4.30. The van der Waals surface area contributed by atoms with E-state index in [4.69, 9.17) is 0 Å². The van der Waals surface area contributed by atoms with E-state index in [9.17, 15) is 0 Å². The number of anilines is 1. The Morgan fingerprint density at radius 1 is 1.44 bits per heavy atom. The molecule has 1 N–H and O–H groups in total. The zero-order valence-electron chi connectivity index (χ0n) is 11.5. The first-order valence-electron chi connectivity index (χ1n) is 6.90. The maximum atomic E-state index is 3.74. The summed E-state index contributed by atoms with van der Waals surface area (Å²) in [6.45, 7) is 5.59. The first-order valence-corrected chi connectivity index (χ1v) is 7.70. The van der Waals surface area contributed by atoms with Crippen LogP contribution in [0, 0.1) is 0 Å². The third-order valence-electron chi connectivity index (χ3n) is 3.67. The summed E-state index contributed by atoms with van der Waals surface area (Å²) in [6.07, 6.45) is 3.90. The molecule has 0 heterocycles. The van der Waals surface area contributed by atoms with Crippen molar-refractivity contribution >= 4 is 21.6 Å². The first kappa shape index (κ1) is 13.9. The molecule has 0 saturated heterocycles. The van der Waals surface area contributed by atoms with E-state index in [1.165, 1.54) is 35.0 Å². The number of hydrogen-bond acceptors (Lipinski definition) is 2. The van der Waals surface area contributed by atoms with Crippen molar-refractivity contribution in [2.75, 3.05) is 18.5 Å². The molecular formula is C15H23BrN2. The van der Waals surface area contributed by atoms with Crippen LogP contribution in [0.4, 0.5) is 5.69 Å². The predicted molar refractivity (Wildman–Crippen MR) is 82.3 cm³/mol. The number of nitrogens with zero attached hydrogens (tertiary/aromatic N) is 1. The molecule has 3 heteroatoms. The minimum Gasteiger partial charge on any atom is -0.368 e. The Kier molecular flexibility index (Phi) is 4.68. The summed E-state index contributed by atoms with van der Waals surface area (Å²) in [5.74, 6) is 0. The molecule has 1 unspecified atom stereocenters. The molecule has 0 spiro atoms. The highest BCUT2D eigenvalue weighted by molar-refractivity contribution is 9.10. The lowest BCUT2D eigenvalue weighted by Gasteiger charge is -2.26. The molecule has 1 atom stereocenters. The van der Waals surface area contributed by atoms with Crippen molar-refractivity contribution in [3.63, 3.8) is 0 Å². The van der Waals surface area contributed by atoms with E-state index in [2.05, 4.69) is 58.2 Å². The Balaban J connectivity index is 2.22.